The summed E-state index contributed by atoms with van der Waals surface area (Å²) in [5, 5.41) is 7.69. The van der Waals surface area contributed by atoms with Crippen LogP contribution in [0.4, 0.5) is 0 Å². The summed E-state index contributed by atoms with van der Waals surface area (Å²) in [6, 6.07) is 0. The molecule has 0 radical (unpaired) electrons. The predicted octanol–water partition coefficient (Wildman–Crippen LogP) is 2.76. The van der Waals surface area contributed by atoms with Crippen molar-refractivity contribution >= 4 is 0 Å². The van der Waals surface area contributed by atoms with E-state index in [0.29, 0.717) is 5.92 Å². The second-order valence-corrected chi connectivity index (χ2v) is 5.85. The van der Waals surface area contributed by atoms with Gasteiger partial charge in [-0.2, -0.15) is 4.98 Å². The highest BCUT2D eigenvalue weighted by atomic mass is 16.5. The second-order valence-electron chi connectivity index (χ2n) is 5.85. The van der Waals surface area contributed by atoms with E-state index in [1.54, 1.807) is 0 Å². The van der Waals surface area contributed by atoms with Gasteiger partial charge in [-0.15, -0.1) is 0 Å². The Kier molecular flexibility index (Phi) is 3.37. The minimum Gasteiger partial charge on any atom is -0.339 e. The van der Waals surface area contributed by atoms with E-state index in [-0.39, 0.29) is 5.41 Å². The van der Waals surface area contributed by atoms with Crippen LogP contribution < -0.4 is 5.32 Å². The van der Waals surface area contributed by atoms with Crippen LogP contribution in [0.2, 0.25) is 0 Å². The predicted molar refractivity (Wildman–Crippen MR) is 69.6 cm³/mol. The maximum atomic E-state index is 5.59. The topological polar surface area (TPSA) is 51.0 Å². The van der Waals surface area contributed by atoms with Crippen LogP contribution in [0.25, 0.3) is 0 Å². The van der Waals surface area contributed by atoms with Crippen molar-refractivity contribution in [1.82, 2.24) is 15.5 Å². The zero-order chi connectivity index (χ0) is 12.4. The summed E-state index contributed by atoms with van der Waals surface area (Å²) in [7, 11) is 0. The molecule has 0 bridgehead atoms. The van der Waals surface area contributed by atoms with Crippen molar-refractivity contribution in [2.24, 2.45) is 0 Å². The fourth-order valence-electron chi connectivity index (χ4n) is 3.36. The monoisotopic (exact) mass is 249 g/mol. The molecule has 2 aliphatic rings. The molecule has 1 aliphatic heterocycles. The van der Waals surface area contributed by atoms with Gasteiger partial charge in [-0.3, -0.25) is 0 Å². The molecule has 1 saturated heterocycles. The molecule has 2 fully saturated rings. The van der Waals surface area contributed by atoms with E-state index in [4.69, 9.17) is 9.51 Å². The van der Waals surface area contributed by atoms with E-state index in [1.807, 2.05) is 0 Å². The second kappa shape index (κ2) is 5.00. The first-order chi connectivity index (χ1) is 8.84. The lowest BCUT2D eigenvalue weighted by molar-refractivity contribution is 0.281. The third-order valence-electron chi connectivity index (χ3n) is 4.79. The fourth-order valence-corrected chi connectivity index (χ4v) is 3.36. The van der Waals surface area contributed by atoms with Gasteiger partial charge < -0.3 is 9.84 Å². The van der Waals surface area contributed by atoms with Gasteiger partial charge >= 0.3 is 0 Å². The highest BCUT2D eigenvalue weighted by Crippen LogP contribution is 2.36. The van der Waals surface area contributed by atoms with Gasteiger partial charge in [-0.25, -0.2) is 0 Å². The third kappa shape index (κ3) is 2.07. The molecule has 2 heterocycles. The van der Waals surface area contributed by atoms with Crippen LogP contribution in [0, 0.1) is 0 Å². The van der Waals surface area contributed by atoms with Gasteiger partial charge in [-0.1, -0.05) is 31.3 Å². The van der Waals surface area contributed by atoms with Crippen LogP contribution >= 0.6 is 0 Å². The molecular weight excluding hydrogens is 226 g/mol. The molecule has 18 heavy (non-hydrogen) atoms. The van der Waals surface area contributed by atoms with Gasteiger partial charge in [0.15, 0.2) is 5.82 Å². The van der Waals surface area contributed by atoms with Gasteiger partial charge in [0.1, 0.15) is 0 Å². The summed E-state index contributed by atoms with van der Waals surface area (Å²) in [4.78, 5) is 4.74. The lowest BCUT2D eigenvalue weighted by Crippen LogP contribution is -2.28. The molecule has 0 aromatic carbocycles. The first-order valence-electron chi connectivity index (χ1n) is 7.39. The molecule has 1 aliphatic carbocycles. The largest absolute Gasteiger partial charge is 0.339 e. The summed E-state index contributed by atoms with van der Waals surface area (Å²) >= 11 is 0. The summed E-state index contributed by atoms with van der Waals surface area (Å²) in [5.41, 5.74) is 0.0971. The quantitative estimate of drug-likeness (QED) is 0.895. The molecule has 1 aromatic rings. The van der Waals surface area contributed by atoms with Crippen molar-refractivity contribution in [3.05, 3.63) is 11.7 Å². The third-order valence-corrected chi connectivity index (χ3v) is 4.79. The number of aromatic nitrogens is 2. The van der Waals surface area contributed by atoms with Gasteiger partial charge in [0, 0.05) is 12.5 Å². The van der Waals surface area contributed by atoms with Crippen molar-refractivity contribution < 1.29 is 4.52 Å². The maximum Gasteiger partial charge on any atom is 0.234 e. The van der Waals surface area contributed by atoms with Crippen LogP contribution in [-0.4, -0.2) is 23.2 Å². The number of nitrogens with zero attached hydrogens (tertiary/aromatic N) is 2. The maximum absolute atomic E-state index is 5.59. The summed E-state index contributed by atoms with van der Waals surface area (Å²) in [5.74, 6) is 2.37. The lowest BCUT2D eigenvalue weighted by Gasteiger charge is -2.21. The normalized spacial score (nSPS) is 29.8. The molecule has 3 rings (SSSR count). The van der Waals surface area contributed by atoms with Crippen LogP contribution in [0.15, 0.2) is 4.52 Å². The number of hydrogen-bond donors (Lipinski definition) is 1. The minimum atomic E-state index is 0.0971. The molecule has 4 nitrogen and oxygen atoms in total. The van der Waals surface area contributed by atoms with Crippen molar-refractivity contribution in [1.29, 1.82) is 0 Å². The molecule has 0 spiro atoms. The molecule has 1 saturated carbocycles. The Labute approximate surface area is 109 Å². The Morgan fingerprint density at radius 1 is 1.33 bits per heavy atom. The van der Waals surface area contributed by atoms with E-state index in [1.165, 1.54) is 32.1 Å². The first-order valence-corrected chi connectivity index (χ1v) is 7.39. The van der Waals surface area contributed by atoms with Crippen molar-refractivity contribution in [3.8, 4) is 0 Å². The lowest BCUT2D eigenvalue weighted by atomic mass is 9.84. The Morgan fingerprint density at radius 2 is 2.17 bits per heavy atom. The number of rotatable bonds is 3. The van der Waals surface area contributed by atoms with E-state index in [2.05, 4.69) is 17.4 Å². The van der Waals surface area contributed by atoms with Crippen molar-refractivity contribution in [3.63, 3.8) is 0 Å². The van der Waals surface area contributed by atoms with Gasteiger partial charge in [0.25, 0.3) is 0 Å². The number of hydrogen-bond acceptors (Lipinski definition) is 4. The highest BCUT2D eigenvalue weighted by molar-refractivity contribution is 5.11. The molecule has 4 heteroatoms. The van der Waals surface area contributed by atoms with Gasteiger partial charge in [-0.05, 0) is 32.2 Å². The first kappa shape index (κ1) is 12.2. The van der Waals surface area contributed by atoms with Crippen molar-refractivity contribution in [2.45, 2.75) is 63.2 Å². The molecular formula is C14H23N3O. The molecule has 100 valence electrons. The summed E-state index contributed by atoms with van der Waals surface area (Å²) in [6.07, 6.45) is 8.66. The zero-order valence-corrected chi connectivity index (χ0v) is 11.2. The van der Waals surface area contributed by atoms with Gasteiger partial charge in [0.2, 0.25) is 5.89 Å². The SMILES string of the molecule is CCC1(c2nc(C3CCCCC3)no2)CCNC1. The van der Waals surface area contributed by atoms with Crippen LogP contribution in [0.3, 0.4) is 0 Å². The molecule has 1 aromatic heterocycles. The average Bonchev–Trinajstić information content (AvgIpc) is 3.09. The standard InChI is InChI=1S/C14H23N3O/c1-2-14(8-9-15-10-14)13-16-12(17-18-13)11-6-4-3-5-7-11/h11,15H,2-10H2,1H3. The van der Waals surface area contributed by atoms with Gasteiger partial charge in [0.05, 0.1) is 5.41 Å². The zero-order valence-electron chi connectivity index (χ0n) is 11.2. The van der Waals surface area contributed by atoms with E-state index < -0.39 is 0 Å². The molecule has 1 atom stereocenters. The van der Waals surface area contributed by atoms with Crippen LogP contribution in [-0.2, 0) is 5.41 Å². The molecule has 1 N–H and O–H groups in total. The Morgan fingerprint density at radius 3 is 2.83 bits per heavy atom. The van der Waals surface area contributed by atoms with Crippen molar-refractivity contribution in [2.75, 3.05) is 13.1 Å². The minimum absolute atomic E-state index is 0.0971. The number of nitrogens with one attached hydrogen (secondary N) is 1. The molecule has 0 amide bonds. The van der Waals surface area contributed by atoms with E-state index >= 15 is 0 Å². The summed E-state index contributed by atoms with van der Waals surface area (Å²) in [6.45, 7) is 4.27. The van der Waals surface area contributed by atoms with E-state index in [9.17, 15) is 0 Å². The smallest absolute Gasteiger partial charge is 0.234 e. The fraction of sp³-hybridized carbons (Fsp3) is 0.857. The average molecular weight is 249 g/mol. The Hall–Kier alpha value is -0.900. The molecule has 1 unspecified atom stereocenters. The summed E-state index contributed by atoms with van der Waals surface area (Å²) < 4.78 is 5.59. The Balaban J connectivity index is 1.79. The highest BCUT2D eigenvalue weighted by Gasteiger charge is 2.39. The van der Waals surface area contributed by atoms with Crippen LogP contribution in [0.5, 0.6) is 0 Å². The Bertz CT molecular complexity index is 389. The van der Waals surface area contributed by atoms with E-state index in [0.717, 1.165) is 37.6 Å². The van der Waals surface area contributed by atoms with Crippen LogP contribution in [0.1, 0.15) is 69.5 Å².